The van der Waals surface area contributed by atoms with E-state index in [4.69, 9.17) is 11.6 Å². The summed E-state index contributed by atoms with van der Waals surface area (Å²) < 4.78 is 26.1. The molecule has 0 aliphatic carbocycles. The summed E-state index contributed by atoms with van der Waals surface area (Å²) in [6, 6.07) is 0. The molecule has 0 spiro atoms. The molecule has 5 nitrogen and oxygen atoms in total. The van der Waals surface area contributed by atoms with Crippen LogP contribution in [0.25, 0.3) is 0 Å². The predicted octanol–water partition coefficient (Wildman–Crippen LogP) is 1.66. The van der Waals surface area contributed by atoms with Gasteiger partial charge in [0.15, 0.2) is 5.03 Å². The number of sulfonamides is 1. The highest BCUT2D eigenvalue weighted by Crippen LogP contribution is 2.08. The lowest BCUT2D eigenvalue weighted by Gasteiger charge is -2.09. The second-order valence-corrected chi connectivity index (χ2v) is 6.14. The van der Waals surface area contributed by atoms with Crippen LogP contribution >= 0.6 is 11.6 Å². The van der Waals surface area contributed by atoms with Gasteiger partial charge in [0.25, 0.3) is 10.0 Å². The molecule has 1 unspecified atom stereocenters. The predicted molar refractivity (Wildman–Crippen MR) is 67.7 cm³/mol. The topological polar surface area (TPSA) is 74.8 Å². The minimum atomic E-state index is -3.52. The van der Waals surface area contributed by atoms with Gasteiger partial charge in [0.1, 0.15) is 5.82 Å². The van der Waals surface area contributed by atoms with E-state index in [9.17, 15) is 8.42 Å². The van der Waals surface area contributed by atoms with Crippen molar-refractivity contribution < 1.29 is 8.42 Å². The maximum Gasteiger partial charge on any atom is 0.257 e. The Morgan fingerprint density at radius 2 is 2.24 bits per heavy atom. The molecule has 0 aliphatic rings. The highest BCUT2D eigenvalue weighted by Gasteiger charge is 2.17. The Balaban J connectivity index is 2.62. The maximum absolute atomic E-state index is 11.8. The lowest BCUT2D eigenvalue weighted by molar-refractivity contribution is 0.573. The van der Waals surface area contributed by atoms with Gasteiger partial charge in [0.2, 0.25) is 0 Å². The number of alkyl halides is 1. The monoisotopic (exact) mass is 279 g/mol. The van der Waals surface area contributed by atoms with Crippen LogP contribution in [0.4, 0.5) is 0 Å². The highest BCUT2D eigenvalue weighted by molar-refractivity contribution is 7.89. The Bertz CT molecular complexity index is 444. The van der Waals surface area contributed by atoms with Gasteiger partial charge in [0.05, 0.1) is 6.20 Å². The van der Waals surface area contributed by atoms with E-state index in [1.165, 1.54) is 6.20 Å². The van der Waals surface area contributed by atoms with Crippen molar-refractivity contribution in [3.8, 4) is 0 Å². The lowest BCUT2D eigenvalue weighted by atomic mass is 10.2. The van der Waals surface area contributed by atoms with Crippen LogP contribution < -0.4 is 4.72 Å². The maximum atomic E-state index is 11.8. The van der Waals surface area contributed by atoms with Gasteiger partial charge in [-0.3, -0.25) is 0 Å². The van der Waals surface area contributed by atoms with E-state index in [1.54, 1.807) is 0 Å². The van der Waals surface area contributed by atoms with Gasteiger partial charge in [-0.25, -0.2) is 18.1 Å². The van der Waals surface area contributed by atoms with Crippen LogP contribution in [-0.4, -0.2) is 30.3 Å². The Kier molecular flexibility index (Phi) is 5.42. The van der Waals surface area contributed by atoms with E-state index in [2.05, 4.69) is 14.7 Å². The van der Waals surface area contributed by atoms with E-state index in [-0.39, 0.29) is 16.9 Å². The number of aromatic amines is 1. The minimum Gasteiger partial charge on any atom is -0.332 e. The number of hydrogen-bond donors (Lipinski definition) is 2. The van der Waals surface area contributed by atoms with Crippen molar-refractivity contribution in [2.75, 3.05) is 6.54 Å². The van der Waals surface area contributed by atoms with E-state index < -0.39 is 10.0 Å². The van der Waals surface area contributed by atoms with E-state index in [0.29, 0.717) is 12.2 Å². The van der Waals surface area contributed by atoms with Gasteiger partial charge in [-0.1, -0.05) is 20.3 Å². The summed E-state index contributed by atoms with van der Waals surface area (Å²) in [5.74, 6) is 0.654. The highest BCUT2D eigenvalue weighted by atomic mass is 35.5. The number of aryl methyl sites for hydroxylation is 1. The first-order valence-electron chi connectivity index (χ1n) is 5.67. The molecule has 1 aromatic rings. The number of hydrogen-bond acceptors (Lipinski definition) is 3. The summed E-state index contributed by atoms with van der Waals surface area (Å²) in [6.07, 6.45) is 3.71. The minimum absolute atomic E-state index is 0.0923. The quantitative estimate of drug-likeness (QED) is 0.746. The zero-order chi connectivity index (χ0) is 12.9. The van der Waals surface area contributed by atoms with Crippen molar-refractivity contribution in [2.45, 2.75) is 43.5 Å². The van der Waals surface area contributed by atoms with E-state index in [1.807, 2.05) is 13.8 Å². The van der Waals surface area contributed by atoms with E-state index in [0.717, 1.165) is 12.8 Å². The molecule has 7 heteroatoms. The van der Waals surface area contributed by atoms with Crippen molar-refractivity contribution >= 4 is 21.6 Å². The molecule has 0 radical (unpaired) electrons. The molecule has 0 fully saturated rings. The fourth-order valence-corrected chi connectivity index (χ4v) is 2.76. The molecule has 0 aromatic carbocycles. The average Bonchev–Trinajstić information content (AvgIpc) is 2.76. The molecule has 17 heavy (non-hydrogen) atoms. The molecule has 0 saturated heterocycles. The zero-order valence-corrected chi connectivity index (χ0v) is 11.6. The molecule has 2 N–H and O–H groups in total. The number of rotatable bonds is 7. The molecule has 1 aromatic heterocycles. The number of nitrogens with zero attached hydrogens (tertiary/aromatic N) is 1. The van der Waals surface area contributed by atoms with Crippen molar-refractivity contribution in [3.05, 3.63) is 12.0 Å². The summed E-state index contributed by atoms with van der Waals surface area (Å²) in [5.41, 5.74) is 0. The molecule has 1 heterocycles. The summed E-state index contributed by atoms with van der Waals surface area (Å²) in [4.78, 5) is 6.71. The van der Waals surface area contributed by atoms with Crippen molar-refractivity contribution in [3.63, 3.8) is 0 Å². The zero-order valence-electron chi connectivity index (χ0n) is 10.0. The molecule has 0 aliphatic heterocycles. The van der Waals surface area contributed by atoms with Crippen LogP contribution in [0, 0.1) is 0 Å². The summed E-state index contributed by atoms with van der Waals surface area (Å²) >= 11 is 5.95. The van der Waals surface area contributed by atoms with Gasteiger partial charge >= 0.3 is 0 Å². The number of aromatic nitrogens is 2. The third kappa shape index (κ3) is 4.29. The fraction of sp³-hybridized carbons (Fsp3) is 0.700. The summed E-state index contributed by atoms with van der Waals surface area (Å²) in [7, 11) is -3.52. The second kappa shape index (κ2) is 6.37. The summed E-state index contributed by atoms with van der Waals surface area (Å²) in [6.45, 7) is 4.14. The Labute approximate surface area is 107 Å². The average molecular weight is 280 g/mol. The van der Waals surface area contributed by atoms with Crippen LogP contribution in [0.2, 0.25) is 0 Å². The summed E-state index contributed by atoms with van der Waals surface area (Å²) in [5, 5.41) is -0.0851. The molecule has 98 valence electrons. The van der Waals surface area contributed by atoms with Gasteiger partial charge in [-0.05, 0) is 6.42 Å². The van der Waals surface area contributed by atoms with Gasteiger partial charge in [0, 0.05) is 18.3 Å². The van der Waals surface area contributed by atoms with Gasteiger partial charge in [-0.15, -0.1) is 11.6 Å². The SMILES string of the molecule is CCCC(Cl)CNS(=O)(=O)c1cnc(CC)[nH]1. The number of halogens is 1. The Hall–Kier alpha value is -0.590. The first-order valence-corrected chi connectivity index (χ1v) is 7.59. The van der Waals surface area contributed by atoms with Crippen molar-refractivity contribution in [1.29, 1.82) is 0 Å². The Morgan fingerprint density at radius 1 is 1.53 bits per heavy atom. The molecule has 0 saturated carbocycles. The van der Waals surface area contributed by atoms with Crippen LogP contribution in [0.5, 0.6) is 0 Å². The third-order valence-corrected chi connectivity index (χ3v) is 4.03. The molecule has 1 rings (SSSR count). The van der Waals surface area contributed by atoms with Crippen molar-refractivity contribution in [2.24, 2.45) is 0 Å². The Morgan fingerprint density at radius 3 is 2.76 bits per heavy atom. The second-order valence-electron chi connectivity index (χ2n) is 3.79. The number of imidazole rings is 1. The number of nitrogens with one attached hydrogen (secondary N) is 2. The van der Waals surface area contributed by atoms with Crippen LogP contribution in [0.1, 0.15) is 32.5 Å². The first-order chi connectivity index (χ1) is 7.99. The standard InChI is InChI=1S/C10H18ClN3O2S/c1-3-5-8(11)6-13-17(15,16)10-7-12-9(4-2)14-10/h7-8,13H,3-6H2,1-2H3,(H,12,14). The van der Waals surface area contributed by atoms with Gasteiger partial charge < -0.3 is 4.98 Å². The first kappa shape index (κ1) is 14.5. The smallest absolute Gasteiger partial charge is 0.257 e. The molecular weight excluding hydrogens is 262 g/mol. The largest absolute Gasteiger partial charge is 0.332 e. The third-order valence-electron chi connectivity index (χ3n) is 2.33. The van der Waals surface area contributed by atoms with E-state index >= 15 is 0 Å². The molecular formula is C10H18ClN3O2S. The molecule has 0 amide bonds. The lowest BCUT2D eigenvalue weighted by Crippen LogP contribution is -2.30. The molecule has 0 bridgehead atoms. The number of H-pyrrole nitrogens is 1. The fourth-order valence-electron chi connectivity index (χ4n) is 1.35. The normalized spacial score (nSPS) is 13.8. The van der Waals surface area contributed by atoms with Crippen LogP contribution in [0.15, 0.2) is 11.2 Å². The van der Waals surface area contributed by atoms with Crippen molar-refractivity contribution in [1.82, 2.24) is 14.7 Å². The van der Waals surface area contributed by atoms with Crippen LogP contribution in [-0.2, 0) is 16.4 Å². The van der Waals surface area contributed by atoms with Crippen LogP contribution in [0.3, 0.4) is 0 Å². The molecule has 1 atom stereocenters. The van der Waals surface area contributed by atoms with Gasteiger partial charge in [-0.2, -0.15) is 0 Å².